The molecular weight excluding hydrogens is 361 g/mol. The number of alkyl halides is 3. The first kappa shape index (κ1) is 16.7. The lowest BCUT2D eigenvalue weighted by molar-refractivity contribution is -0.137. The largest absolute Gasteiger partial charge is 0.494 e. The molecule has 0 spiro atoms. The summed E-state index contributed by atoms with van der Waals surface area (Å²) in [5.74, 6) is -0.846. The molecule has 0 fully saturated rings. The summed E-state index contributed by atoms with van der Waals surface area (Å²) in [4.78, 5) is 0. The van der Waals surface area contributed by atoms with Crippen molar-refractivity contribution in [3.8, 4) is 29.3 Å². The standard InChI is InChI=1S/C15H8ClF3N4O2/c16-10-5-9(15(17,18)19)1-2-11(10)23-14(8(6-20)7-21-23)22-12(24)3-4-13(22)25/h1-5,7,24-25H. The van der Waals surface area contributed by atoms with E-state index in [1.165, 1.54) is 12.1 Å². The second-order valence-corrected chi connectivity index (χ2v) is 5.36. The summed E-state index contributed by atoms with van der Waals surface area (Å²) in [6.45, 7) is 0. The van der Waals surface area contributed by atoms with Crippen LogP contribution in [-0.4, -0.2) is 24.6 Å². The highest BCUT2D eigenvalue weighted by Gasteiger charge is 2.31. The van der Waals surface area contributed by atoms with Crippen molar-refractivity contribution in [3.05, 3.63) is 52.7 Å². The molecule has 0 amide bonds. The van der Waals surface area contributed by atoms with Crippen molar-refractivity contribution in [2.75, 3.05) is 0 Å². The minimum absolute atomic E-state index is 0.0298. The van der Waals surface area contributed by atoms with Gasteiger partial charge in [-0.05, 0) is 18.2 Å². The molecule has 0 aliphatic carbocycles. The zero-order valence-corrected chi connectivity index (χ0v) is 12.9. The van der Waals surface area contributed by atoms with E-state index < -0.39 is 23.5 Å². The molecule has 0 radical (unpaired) electrons. The third-order valence-electron chi connectivity index (χ3n) is 3.42. The Morgan fingerprint density at radius 1 is 1.12 bits per heavy atom. The van der Waals surface area contributed by atoms with Gasteiger partial charge in [-0.3, -0.25) is 0 Å². The molecular formula is C15H8ClF3N4O2. The molecule has 3 aromatic rings. The van der Waals surface area contributed by atoms with E-state index >= 15 is 0 Å². The summed E-state index contributed by atoms with van der Waals surface area (Å²) in [6, 6.07) is 6.82. The van der Waals surface area contributed by atoms with E-state index in [-0.39, 0.29) is 22.1 Å². The topological polar surface area (TPSA) is 87.0 Å². The van der Waals surface area contributed by atoms with Gasteiger partial charge in [0.15, 0.2) is 17.6 Å². The predicted molar refractivity (Wildman–Crippen MR) is 80.9 cm³/mol. The molecule has 2 heterocycles. The fourth-order valence-electron chi connectivity index (χ4n) is 2.30. The molecule has 1 aromatic carbocycles. The molecule has 0 atom stereocenters. The number of rotatable bonds is 2. The first-order valence-corrected chi connectivity index (χ1v) is 7.07. The fourth-order valence-corrected chi connectivity index (χ4v) is 2.56. The van der Waals surface area contributed by atoms with Crippen molar-refractivity contribution in [2.24, 2.45) is 0 Å². The van der Waals surface area contributed by atoms with Crippen molar-refractivity contribution in [1.82, 2.24) is 14.3 Å². The molecule has 128 valence electrons. The Balaban J connectivity index is 2.24. The number of benzene rings is 1. The molecule has 3 rings (SSSR count). The zero-order chi connectivity index (χ0) is 18.4. The van der Waals surface area contributed by atoms with Crippen LogP contribution in [0.4, 0.5) is 13.2 Å². The van der Waals surface area contributed by atoms with Crippen LogP contribution in [0.2, 0.25) is 5.02 Å². The van der Waals surface area contributed by atoms with Crippen LogP contribution in [0, 0.1) is 11.3 Å². The summed E-state index contributed by atoms with van der Waals surface area (Å²) in [5.41, 5.74) is -0.932. The molecule has 0 aliphatic heterocycles. The molecule has 10 heteroatoms. The molecule has 0 saturated carbocycles. The van der Waals surface area contributed by atoms with E-state index in [4.69, 9.17) is 11.6 Å². The van der Waals surface area contributed by atoms with E-state index in [2.05, 4.69) is 5.10 Å². The Kier molecular flexibility index (Phi) is 3.85. The summed E-state index contributed by atoms with van der Waals surface area (Å²) >= 11 is 5.96. The van der Waals surface area contributed by atoms with Crippen LogP contribution in [0.5, 0.6) is 11.8 Å². The Bertz CT molecular complexity index is 982. The minimum Gasteiger partial charge on any atom is -0.494 e. The number of nitrogens with zero attached hydrogens (tertiary/aromatic N) is 4. The van der Waals surface area contributed by atoms with Crippen LogP contribution in [0.3, 0.4) is 0 Å². The van der Waals surface area contributed by atoms with Crippen molar-refractivity contribution >= 4 is 11.6 Å². The van der Waals surface area contributed by atoms with Crippen LogP contribution < -0.4 is 0 Å². The van der Waals surface area contributed by atoms with Crippen molar-refractivity contribution in [3.63, 3.8) is 0 Å². The summed E-state index contributed by atoms with van der Waals surface area (Å²) in [5, 5.41) is 32.7. The smallest absolute Gasteiger partial charge is 0.416 e. The highest BCUT2D eigenvalue weighted by atomic mass is 35.5. The maximum atomic E-state index is 12.8. The highest BCUT2D eigenvalue weighted by molar-refractivity contribution is 6.32. The Morgan fingerprint density at radius 3 is 2.28 bits per heavy atom. The van der Waals surface area contributed by atoms with Gasteiger partial charge < -0.3 is 10.2 Å². The number of nitriles is 1. The Labute approximate surface area is 143 Å². The van der Waals surface area contributed by atoms with Crippen LogP contribution >= 0.6 is 11.6 Å². The number of hydrogen-bond acceptors (Lipinski definition) is 4. The van der Waals surface area contributed by atoms with E-state index in [1.807, 2.05) is 6.07 Å². The maximum Gasteiger partial charge on any atom is 0.416 e. The van der Waals surface area contributed by atoms with Gasteiger partial charge in [0.25, 0.3) is 0 Å². The van der Waals surface area contributed by atoms with Crippen molar-refractivity contribution in [2.45, 2.75) is 6.18 Å². The van der Waals surface area contributed by atoms with Gasteiger partial charge >= 0.3 is 6.18 Å². The predicted octanol–water partition coefficient (Wildman–Crippen LogP) is 3.62. The molecule has 2 N–H and O–H groups in total. The maximum absolute atomic E-state index is 12.8. The number of hydrogen-bond donors (Lipinski definition) is 2. The van der Waals surface area contributed by atoms with Gasteiger partial charge in [-0.1, -0.05) is 11.6 Å². The molecule has 0 unspecified atom stereocenters. The van der Waals surface area contributed by atoms with Gasteiger partial charge in [-0.25, -0.2) is 9.25 Å². The average Bonchev–Trinajstić information content (AvgIpc) is 3.09. The van der Waals surface area contributed by atoms with Crippen molar-refractivity contribution < 1.29 is 23.4 Å². The average molecular weight is 369 g/mol. The molecule has 25 heavy (non-hydrogen) atoms. The van der Waals surface area contributed by atoms with Gasteiger partial charge in [0.05, 0.1) is 22.5 Å². The van der Waals surface area contributed by atoms with Gasteiger partial charge in [0.2, 0.25) is 0 Å². The molecule has 6 nitrogen and oxygen atoms in total. The first-order chi connectivity index (χ1) is 11.7. The lowest BCUT2D eigenvalue weighted by Gasteiger charge is -2.14. The zero-order valence-electron chi connectivity index (χ0n) is 12.2. The van der Waals surface area contributed by atoms with Crippen LogP contribution in [0.15, 0.2) is 36.5 Å². The molecule has 0 aliphatic rings. The van der Waals surface area contributed by atoms with Gasteiger partial charge in [0, 0.05) is 12.1 Å². The molecule has 0 saturated heterocycles. The monoisotopic (exact) mass is 368 g/mol. The van der Waals surface area contributed by atoms with E-state index in [0.717, 1.165) is 33.6 Å². The summed E-state index contributed by atoms with van der Waals surface area (Å²) in [7, 11) is 0. The van der Waals surface area contributed by atoms with Gasteiger partial charge in [0.1, 0.15) is 11.6 Å². The third kappa shape index (κ3) is 2.77. The minimum atomic E-state index is -4.57. The first-order valence-electron chi connectivity index (χ1n) is 6.69. The Hall–Kier alpha value is -3.12. The molecule has 2 aromatic heterocycles. The van der Waals surface area contributed by atoms with Gasteiger partial charge in [-0.2, -0.15) is 23.5 Å². The highest BCUT2D eigenvalue weighted by Crippen LogP contribution is 2.35. The summed E-state index contributed by atoms with van der Waals surface area (Å²) in [6.07, 6.45) is -3.42. The van der Waals surface area contributed by atoms with E-state index in [1.54, 1.807) is 0 Å². The van der Waals surface area contributed by atoms with E-state index in [9.17, 15) is 28.6 Å². The van der Waals surface area contributed by atoms with Crippen LogP contribution in [0.25, 0.3) is 11.5 Å². The normalized spacial score (nSPS) is 11.5. The van der Waals surface area contributed by atoms with Crippen LogP contribution in [0.1, 0.15) is 11.1 Å². The number of halogens is 4. The molecule has 0 bridgehead atoms. The second-order valence-electron chi connectivity index (χ2n) is 4.95. The number of aromatic hydroxyl groups is 2. The third-order valence-corrected chi connectivity index (χ3v) is 3.72. The Morgan fingerprint density at radius 2 is 1.76 bits per heavy atom. The SMILES string of the molecule is N#Cc1cnn(-c2ccc(C(F)(F)F)cc2Cl)c1-n1c(O)ccc1O. The number of aromatic nitrogens is 3. The lowest BCUT2D eigenvalue weighted by atomic mass is 10.2. The van der Waals surface area contributed by atoms with Crippen molar-refractivity contribution in [1.29, 1.82) is 5.26 Å². The second kappa shape index (κ2) is 5.75. The summed E-state index contributed by atoms with van der Waals surface area (Å²) < 4.78 is 40.3. The van der Waals surface area contributed by atoms with E-state index in [0.29, 0.717) is 0 Å². The van der Waals surface area contributed by atoms with Crippen LogP contribution in [-0.2, 0) is 6.18 Å². The fraction of sp³-hybridized carbons (Fsp3) is 0.0667. The van der Waals surface area contributed by atoms with Gasteiger partial charge in [-0.15, -0.1) is 0 Å². The lowest BCUT2D eigenvalue weighted by Crippen LogP contribution is -2.09. The quantitative estimate of drug-likeness (QED) is 0.723.